The predicted octanol–water partition coefficient (Wildman–Crippen LogP) is 1.97. The number of hydrogen-bond acceptors (Lipinski definition) is 3. The maximum absolute atomic E-state index is 13.5. The second-order valence-corrected chi connectivity index (χ2v) is 4.72. The summed E-state index contributed by atoms with van der Waals surface area (Å²) in [5.74, 6) is -0.490. The Morgan fingerprint density at radius 1 is 1.41 bits per heavy atom. The third kappa shape index (κ3) is 3.09. The molecular weight excluding hydrogens is 245 g/mol. The molecule has 1 heterocycles. The molecule has 0 spiro atoms. The zero-order valence-corrected chi connectivity index (χ0v) is 10.1. The summed E-state index contributed by atoms with van der Waals surface area (Å²) >= 11 is 5.64. The van der Waals surface area contributed by atoms with Gasteiger partial charge in [-0.15, -0.1) is 0 Å². The lowest BCUT2D eigenvalue weighted by Crippen LogP contribution is -2.46. The van der Waals surface area contributed by atoms with Crippen molar-refractivity contribution >= 4 is 11.6 Å². The molecule has 3 nitrogen and oxygen atoms in total. The largest absolute Gasteiger partial charge is 0.487 e. The Balaban J connectivity index is 1.99. The minimum absolute atomic E-state index is 0.0276. The molecule has 1 saturated heterocycles. The Morgan fingerprint density at radius 3 is 2.82 bits per heavy atom. The first-order valence-corrected chi connectivity index (χ1v) is 5.98. The number of halogens is 2. The van der Waals surface area contributed by atoms with Crippen LogP contribution in [-0.4, -0.2) is 30.4 Å². The highest BCUT2D eigenvalue weighted by atomic mass is 35.5. The first kappa shape index (κ1) is 12.6. The predicted molar refractivity (Wildman–Crippen MR) is 64.0 cm³/mol. The molecule has 0 saturated carbocycles. The molecule has 5 heteroatoms. The van der Waals surface area contributed by atoms with Crippen LogP contribution in [0, 0.1) is 5.82 Å². The first-order chi connectivity index (χ1) is 8.11. The summed E-state index contributed by atoms with van der Waals surface area (Å²) in [5.41, 5.74) is -0.875. The molecule has 0 radical (unpaired) electrons. The third-order valence-corrected chi connectivity index (χ3v) is 3.24. The van der Waals surface area contributed by atoms with Gasteiger partial charge in [-0.1, -0.05) is 17.7 Å². The third-order valence-electron chi connectivity index (χ3n) is 2.95. The van der Waals surface area contributed by atoms with Gasteiger partial charge >= 0.3 is 0 Å². The van der Waals surface area contributed by atoms with Crippen molar-refractivity contribution < 1.29 is 14.2 Å². The van der Waals surface area contributed by atoms with Crippen LogP contribution < -0.4 is 10.1 Å². The maximum Gasteiger partial charge on any atom is 0.183 e. The van der Waals surface area contributed by atoms with E-state index in [1.54, 1.807) is 6.07 Å². The van der Waals surface area contributed by atoms with Gasteiger partial charge in [0.05, 0.1) is 5.02 Å². The Morgan fingerprint density at radius 2 is 2.12 bits per heavy atom. The number of aliphatic hydroxyl groups is 1. The number of hydrogen-bond donors (Lipinski definition) is 2. The van der Waals surface area contributed by atoms with Gasteiger partial charge in [-0.05, 0) is 38.1 Å². The maximum atomic E-state index is 13.5. The molecule has 0 bridgehead atoms. The fourth-order valence-electron chi connectivity index (χ4n) is 1.84. The number of nitrogens with one attached hydrogen (secondary N) is 1. The van der Waals surface area contributed by atoms with E-state index in [1.807, 2.05) is 0 Å². The summed E-state index contributed by atoms with van der Waals surface area (Å²) in [6, 6.07) is 4.59. The molecule has 1 aliphatic rings. The van der Waals surface area contributed by atoms with Crippen molar-refractivity contribution in [2.24, 2.45) is 0 Å². The van der Waals surface area contributed by atoms with E-state index in [0.717, 1.165) is 13.1 Å². The lowest BCUT2D eigenvalue weighted by Gasteiger charge is -2.32. The molecule has 17 heavy (non-hydrogen) atoms. The number of rotatable bonds is 3. The highest BCUT2D eigenvalue weighted by Gasteiger charge is 2.30. The van der Waals surface area contributed by atoms with Crippen LogP contribution in [0.3, 0.4) is 0 Å². The SMILES string of the molecule is OC1(COc2cccc(Cl)c2F)CCNCC1. The second kappa shape index (κ2) is 5.21. The van der Waals surface area contributed by atoms with Crippen LogP contribution in [0.2, 0.25) is 5.02 Å². The van der Waals surface area contributed by atoms with Crippen molar-refractivity contribution in [3.8, 4) is 5.75 Å². The Hall–Kier alpha value is -0.840. The average Bonchev–Trinajstić information content (AvgIpc) is 2.32. The van der Waals surface area contributed by atoms with E-state index >= 15 is 0 Å². The summed E-state index contributed by atoms with van der Waals surface area (Å²) < 4.78 is 18.9. The zero-order chi connectivity index (χ0) is 12.3. The molecule has 0 amide bonds. The standard InChI is InChI=1S/C12H15ClFNO2/c13-9-2-1-3-10(11(9)14)17-8-12(16)4-6-15-7-5-12/h1-3,15-16H,4-8H2. The summed E-state index contributed by atoms with van der Waals surface area (Å²) in [7, 11) is 0. The van der Waals surface area contributed by atoms with Crippen LogP contribution >= 0.6 is 11.6 Å². The van der Waals surface area contributed by atoms with Crippen molar-refractivity contribution in [2.45, 2.75) is 18.4 Å². The molecule has 0 atom stereocenters. The Kier molecular flexibility index (Phi) is 3.86. The van der Waals surface area contributed by atoms with Gasteiger partial charge in [-0.25, -0.2) is 4.39 Å². The number of piperidine rings is 1. The highest BCUT2D eigenvalue weighted by molar-refractivity contribution is 6.30. The first-order valence-electron chi connectivity index (χ1n) is 5.61. The summed E-state index contributed by atoms with van der Waals surface area (Å²) in [5, 5.41) is 13.3. The topological polar surface area (TPSA) is 41.5 Å². The summed E-state index contributed by atoms with van der Waals surface area (Å²) in [4.78, 5) is 0. The molecule has 2 N–H and O–H groups in total. The van der Waals surface area contributed by atoms with Gasteiger partial charge in [0.1, 0.15) is 12.2 Å². The zero-order valence-electron chi connectivity index (χ0n) is 9.38. The molecule has 0 aliphatic carbocycles. The molecule has 94 valence electrons. The van der Waals surface area contributed by atoms with E-state index in [2.05, 4.69) is 5.32 Å². The molecule has 0 unspecified atom stereocenters. The van der Waals surface area contributed by atoms with Gasteiger partial charge in [-0.3, -0.25) is 0 Å². The van der Waals surface area contributed by atoms with E-state index in [4.69, 9.17) is 16.3 Å². The van der Waals surface area contributed by atoms with Crippen molar-refractivity contribution in [3.63, 3.8) is 0 Å². The summed E-state index contributed by atoms with van der Waals surface area (Å²) in [6.07, 6.45) is 1.21. The normalized spacial score (nSPS) is 19.0. The van der Waals surface area contributed by atoms with E-state index in [1.165, 1.54) is 12.1 Å². The minimum Gasteiger partial charge on any atom is -0.487 e. The van der Waals surface area contributed by atoms with E-state index in [9.17, 15) is 9.50 Å². The Bertz CT molecular complexity index is 394. The fourth-order valence-corrected chi connectivity index (χ4v) is 2.01. The van der Waals surface area contributed by atoms with Crippen molar-refractivity contribution in [3.05, 3.63) is 29.0 Å². The van der Waals surface area contributed by atoms with Crippen LogP contribution in [-0.2, 0) is 0 Å². The Labute approximate surface area is 105 Å². The van der Waals surface area contributed by atoms with Gasteiger partial charge in [0.2, 0.25) is 0 Å². The van der Waals surface area contributed by atoms with Crippen LogP contribution in [0.4, 0.5) is 4.39 Å². The van der Waals surface area contributed by atoms with Crippen molar-refractivity contribution in [1.82, 2.24) is 5.32 Å². The quantitative estimate of drug-likeness (QED) is 0.872. The molecule has 1 fully saturated rings. The molecule has 2 rings (SSSR count). The monoisotopic (exact) mass is 259 g/mol. The van der Waals surface area contributed by atoms with Crippen LogP contribution in [0.1, 0.15) is 12.8 Å². The lowest BCUT2D eigenvalue weighted by molar-refractivity contribution is -0.0294. The number of ether oxygens (including phenoxy) is 1. The van der Waals surface area contributed by atoms with Crippen LogP contribution in [0.15, 0.2) is 18.2 Å². The summed E-state index contributed by atoms with van der Waals surface area (Å²) in [6.45, 7) is 1.59. The van der Waals surface area contributed by atoms with Gasteiger partial charge in [0.15, 0.2) is 11.6 Å². The minimum atomic E-state index is -0.875. The van der Waals surface area contributed by atoms with Gasteiger partial charge in [0, 0.05) is 0 Å². The van der Waals surface area contributed by atoms with Gasteiger partial charge in [0.25, 0.3) is 0 Å². The van der Waals surface area contributed by atoms with Gasteiger partial charge in [-0.2, -0.15) is 0 Å². The van der Waals surface area contributed by atoms with E-state index in [0.29, 0.717) is 12.8 Å². The smallest absolute Gasteiger partial charge is 0.183 e. The van der Waals surface area contributed by atoms with Crippen molar-refractivity contribution in [2.75, 3.05) is 19.7 Å². The van der Waals surface area contributed by atoms with Crippen molar-refractivity contribution in [1.29, 1.82) is 0 Å². The van der Waals surface area contributed by atoms with Crippen LogP contribution in [0.5, 0.6) is 5.75 Å². The number of benzene rings is 1. The molecule has 1 aliphatic heterocycles. The highest BCUT2D eigenvalue weighted by Crippen LogP contribution is 2.26. The molecule has 1 aromatic carbocycles. The molecular formula is C12H15ClFNO2. The molecule has 0 aromatic heterocycles. The average molecular weight is 260 g/mol. The van der Waals surface area contributed by atoms with E-state index in [-0.39, 0.29) is 17.4 Å². The lowest BCUT2D eigenvalue weighted by atomic mass is 9.93. The second-order valence-electron chi connectivity index (χ2n) is 4.31. The molecule has 1 aromatic rings. The van der Waals surface area contributed by atoms with Crippen LogP contribution in [0.25, 0.3) is 0 Å². The fraction of sp³-hybridized carbons (Fsp3) is 0.500. The van der Waals surface area contributed by atoms with Gasteiger partial charge < -0.3 is 15.2 Å². The van der Waals surface area contributed by atoms with E-state index < -0.39 is 11.4 Å².